The fourth-order valence-corrected chi connectivity index (χ4v) is 3.48. The maximum Gasteiger partial charge on any atom is 0.336 e. The second kappa shape index (κ2) is 8.32. The fraction of sp³-hybridized carbons (Fsp3) is 0.217. The summed E-state index contributed by atoms with van der Waals surface area (Å²) in [6.07, 6.45) is 1.97. The van der Waals surface area contributed by atoms with E-state index in [1.165, 1.54) is 6.07 Å². The van der Waals surface area contributed by atoms with Gasteiger partial charge in [0.1, 0.15) is 17.1 Å². The average molecular weight is 406 g/mol. The molecule has 0 bridgehead atoms. The number of ether oxygens (including phenoxy) is 2. The highest BCUT2D eigenvalue weighted by Crippen LogP contribution is 2.26. The van der Waals surface area contributed by atoms with Crippen LogP contribution in [0.1, 0.15) is 5.56 Å². The Hall–Kier alpha value is -3.74. The maximum atomic E-state index is 12.1. The molecule has 7 nitrogen and oxygen atoms in total. The molecule has 0 saturated heterocycles. The van der Waals surface area contributed by atoms with E-state index >= 15 is 0 Å². The van der Waals surface area contributed by atoms with Crippen LogP contribution >= 0.6 is 0 Å². The van der Waals surface area contributed by atoms with Gasteiger partial charge in [0.2, 0.25) is 0 Å². The van der Waals surface area contributed by atoms with Crippen molar-refractivity contribution in [2.75, 3.05) is 20.3 Å². The molecule has 0 fully saturated rings. The molecule has 30 heavy (non-hydrogen) atoms. The zero-order chi connectivity index (χ0) is 21.1. The molecule has 4 aromatic rings. The number of benzene rings is 2. The molecule has 0 aliphatic rings. The third-order valence-corrected chi connectivity index (χ3v) is 4.96. The molecule has 4 rings (SSSR count). The first kappa shape index (κ1) is 19.6. The van der Waals surface area contributed by atoms with Gasteiger partial charge in [0, 0.05) is 42.2 Å². The standard InChI is InChI=1S/C23H22N2O5/c1-15-12-23(27)30-21-13-16(6-7-17(15)21)29-14-22(26)24-9-11-25-10-8-18-19(25)4-3-5-20(18)28-2/h3-8,10,12-13H,9,11,14H2,1-2H3,(H,24,26). The molecule has 154 valence electrons. The van der Waals surface area contributed by atoms with E-state index in [9.17, 15) is 9.59 Å². The van der Waals surface area contributed by atoms with Gasteiger partial charge in [-0.3, -0.25) is 4.79 Å². The molecule has 2 aromatic heterocycles. The second-order valence-electron chi connectivity index (χ2n) is 6.95. The molecule has 0 saturated carbocycles. The number of nitrogens with zero attached hydrogens (tertiary/aromatic N) is 1. The Morgan fingerprint density at radius 1 is 1.13 bits per heavy atom. The first-order valence-corrected chi connectivity index (χ1v) is 9.61. The SMILES string of the molecule is COc1cccc2c1ccn2CCNC(=O)COc1ccc2c(C)cc(=O)oc2c1. The molecule has 0 spiro atoms. The molecule has 0 aliphatic heterocycles. The van der Waals surface area contributed by atoms with E-state index < -0.39 is 5.63 Å². The number of hydrogen-bond acceptors (Lipinski definition) is 5. The Labute approximate surface area is 172 Å². The average Bonchev–Trinajstić information content (AvgIpc) is 3.15. The van der Waals surface area contributed by atoms with Crippen molar-refractivity contribution in [1.29, 1.82) is 0 Å². The maximum absolute atomic E-state index is 12.1. The fourth-order valence-electron chi connectivity index (χ4n) is 3.48. The van der Waals surface area contributed by atoms with Crippen molar-refractivity contribution in [3.63, 3.8) is 0 Å². The molecule has 1 N–H and O–H groups in total. The highest BCUT2D eigenvalue weighted by Gasteiger charge is 2.08. The van der Waals surface area contributed by atoms with Crippen LogP contribution in [-0.4, -0.2) is 30.7 Å². The number of carbonyl (C=O) groups excluding carboxylic acids is 1. The summed E-state index contributed by atoms with van der Waals surface area (Å²) in [5.41, 5.74) is 1.91. The van der Waals surface area contributed by atoms with Crippen molar-refractivity contribution in [2.45, 2.75) is 13.5 Å². The van der Waals surface area contributed by atoms with Crippen LogP contribution in [0.5, 0.6) is 11.5 Å². The lowest BCUT2D eigenvalue weighted by Gasteiger charge is -2.10. The minimum atomic E-state index is -0.412. The van der Waals surface area contributed by atoms with E-state index in [1.807, 2.05) is 43.5 Å². The zero-order valence-electron chi connectivity index (χ0n) is 16.8. The zero-order valence-corrected chi connectivity index (χ0v) is 16.8. The predicted octanol–water partition coefficient (Wildman–Crippen LogP) is 3.26. The molecule has 0 unspecified atom stereocenters. The summed E-state index contributed by atoms with van der Waals surface area (Å²) in [4.78, 5) is 23.7. The van der Waals surface area contributed by atoms with Crippen LogP contribution < -0.4 is 20.4 Å². The third kappa shape index (κ3) is 4.00. The van der Waals surface area contributed by atoms with Crippen LogP contribution in [-0.2, 0) is 11.3 Å². The van der Waals surface area contributed by atoms with Gasteiger partial charge in [-0.2, -0.15) is 0 Å². The van der Waals surface area contributed by atoms with Crippen molar-refractivity contribution in [1.82, 2.24) is 9.88 Å². The van der Waals surface area contributed by atoms with E-state index in [-0.39, 0.29) is 12.5 Å². The summed E-state index contributed by atoms with van der Waals surface area (Å²) in [5, 5.41) is 4.72. The molecule has 1 amide bonds. The van der Waals surface area contributed by atoms with Crippen LogP contribution in [0.15, 0.2) is 63.9 Å². The Bertz CT molecular complexity index is 1270. The number of aromatic nitrogens is 1. The smallest absolute Gasteiger partial charge is 0.336 e. The van der Waals surface area contributed by atoms with E-state index in [4.69, 9.17) is 13.9 Å². The summed E-state index contributed by atoms with van der Waals surface area (Å²) in [6, 6.07) is 14.5. The molecule has 0 aliphatic carbocycles. The summed E-state index contributed by atoms with van der Waals surface area (Å²) in [7, 11) is 1.65. The van der Waals surface area contributed by atoms with Gasteiger partial charge >= 0.3 is 5.63 Å². The number of methoxy groups -OCH3 is 1. The number of nitrogens with one attached hydrogen (secondary N) is 1. The van der Waals surface area contributed by atoms with E-state index in [1.54, 1.807) is 19.2 Å². The van der Waals surface area contributed by atoms with Gasteiger partial charge in [-0.05, 0) is 42.8 Å². The van der Waals surface area contributed by atoms with Crippen LogP contribution in [0.4, 0.5) is 0 Å². The summed E-state index contributed by atoms with van der Waals surface area (Å²) >= 11 is 0. The summed E-state index contributed by atoms with van der Waals surface area (Å²) in [6.45, 7) is 2.82. The molecule has 7 heteroatoms. The Balaban J connectivity index is 1.32. The summed E-state index contributed by atoms with van der Waals surface area (Å²) < 4.78 is 18.2. The van der Waals surface area contributed by atoms with E-state index in [0.717, 1.165) is 27.6 Å². The number of aryl methyl sites for hydroxylation is 1. The van der Waals surface area contributed by atoms with Gasteiger partial charge in [0.25, 0.3) is 5.91 Å². The number of fused-ring (bicyclic) bond motifs is 2. The van der Waals surface area contributed by atoms with Crippen molar-refractivity contribution in [3.8, 4) is 11.5 Å². The third-order valence-electron chi connectivity index (χ3n) is 4.96. The van der Waals surface area contributed by atoms with Gasteiger partial charge in [0.15, 0.2) is 6.61 Å². The molecular weight excluding hydrogens is 384 g/mol. The Kier molecular flexibility index (Phi) is 5.43. The molecule has 2 aromatic carbocycles. The van der Waals surface area contributed by atoms with Crippen molar-refractivity contribution < 1.29 is 18.7 Å². The van der Waals surface area contributed by atoms with Crippen molar-refractivity contribution in [2.24, 2.45) is 0 Å². The minimum absolute atomic E-state index is 0.123. The van der Waals surface area contributed by atoms with Crippen LogP contribution in [0.2, 0.25) is 0 Å². The van der Waals surface area contributed by atoms with E-state index in [2.05, 4.69) is 9.88 Å². The molecule has 0 atom stereocenters. The topological polar surface area (TPSA) is 82.7 Å². The molecule has 0 radical (unpaired) electrons. The van der Waals surface area contributed by atoms with Gasteiger partial charge in [-0.15, -0.1) is 0 Å². The lowest BCUT2D eigenvalue weighted by molar-refractivity contribution is -0.123. The van der Waals surface area contributed by atoms with Crippen molar-refractivity contribution >= 4 is 27.8 Å². The van der Waals surface area contributed by atoms with Gasteiger partial charge in [-0.25, -0.2) is 4.79 Å². The van der Waals surface area contributed by atoms with Crippen LogP contribution in [0.3, 0.4) is 0 Å². The molecule has 2 heterocycles. The van der Waals surface area contributed by atoms with Crippen LogP contribution in [0.25, 0.3) is 21.9 Å². The first-order chi connectivity index (χ1) is 14.5. The van der Waals surface area contributed by atoms with Crippen LogP contribution in [0, 0.1) is 6.92 Å². The Morgan fingerprint density at radius 2 is 2.00 bits per heavy atom. The quantitative estimate of drug-likeness (QED) is 0.477. The largest absolute Gasteiger partial charge is 0.496 e. The highest BCUT2D eigenvalue weighted by molar-refractivity contribution is 5.86. The minimum Gasteiger partial charge on any atom is -0.496 e. The number of amides is 1. The summed E-state index contributed by atoms with van der Waals surface area (Å²) in [5.74, 6) is 1.06. The highest BCUT2D eigenvalue weighted by atomic mass is 16.5. The first-order valence-electron chi connectivity index (χ1n) is 9.61. The lowest BCUT2D eigenvalue weighted by atomic mass is 10.1. The van der Waals surface area contributed by atoms with Gasteiger partial charge < -0.3 is 23.8 Å². The number of rotatable bonds is 7. The number of hydrogen-bond donors (Lipinski definition) is 1. The predicted molar refractivity (Wildman–Crippen MR) is 114 cm³/mol. The number of carbonyl (C=O) groups is 1. The molecular formula is C23H22N2O5. The van der Waals surface area contributed by atoms with E-state index in [0.29, 0.717) is 24.4 Å². The van der Waals surface area contributed by atoms with Crippen molar-refractivity contribution in [3.05, 3.63) is 70.7 Å². The second-order valence-corrected chi connectivity index (χ2v) is 6.95. The van der Waals surface area contributed by atoms with Gasteiger partial charge in [-0.1, -0.05) is 6.07 Å². The lowest BCUT2D eigenvalue weighted by Crippen LogP contribution is -2.31. The monoisotopic (exact) mass is 406 g/mol. The normalized spacial score (nSPS) is 11.0. The Morgan fingerprint density at radius 3 is 2.83 bits per heavy atom. The van der Waals surface area contributed by atoms with Gasteiger partial charge in [0.05, 0.1) is 12.6 Å².